The normalized spacial score (nSPS) is 16.3. The molecule has 2 heterocycles. The van der Waals surface area contributed by atoms with Crippen molar-refractivity contribution in [3.8, 4) is 11.4 Å². The van der Waals surface area contributed by atoms with E-state index in [1.54, 1.807) is 0 Å². The summed E-state index contributed by atoms with van der Waals surface area (Å²) in [7, 11) is 1.95. The van der Waals surface area contributed by atoms with Gasteiger partial charge in [-0.15, -0.1) is 0 Å². The molecular weight excluding hydrogens is 304 g/mol. The first kappa shape index (κ1) is 14.8. The largest absolute Gasteiger partial charge is 0.303 e. The number of benzene rings is 1. The van der Waals surface area contributed by atoms with Gasteiger partial charge in [0.05, 0.1) is 11.7 Å². The van der Waals surface area contributed by atoms with E-state index in [1.165, 1.54) is 19.3 Å². The summed E-state index contributed by atoms with van der Waals surface area (Å²) in [6, 6.07) is 7.74. The Balaban J connectivity index is 1.92. The van der Waals surface area contributed by atoms with Crippen molar-refractivity contribution in [1.29, 1.82) is 0 Å². The van der Waals surface area contributed by atoms with E-state index in [9.17, 15) is 0 Å². The summed E-state index contributed by atoms with van der Waals surface area (Å²) >= 11 is 11.8. The summed E-state index contributed by atoms with van der Waals surface area (Å²) in [6.07, 6.45) is 3.85. The molecule has 0 aliphatic carbocycles. The van der Waals surface area contributed by atoms with Crippen LogP contribution in [0.5, 0.6) is 0 Å². The molecule has 2 aromatic rings. The highest BCUT2D eigenvalue weighted by molar-refractivity contribution is 7.71. The van der Waals surface area contributed by atoms with Gasteiger partial charge in [0.1, 0.15) is 0 Å². The van der Waals surface area contributed by atoms with Gasteiger partial charge in [-0.3, -0.25) is 4.90 Å². The molecule has 1 fully saturated rings. The monoisotopic (exact) mass is 322 g/mol. The molecule has 3 rings (SSSR count). The van der Waals surface area contributed by atoms with Crippen molar-refractivity contribution in [2.45, 2.75) is 25.9 Å². The highest BCUT2D eigenvalue weighted by Gasteiger charge is 2.16. The van der Waals surface area contributed by atoms with Gasteiger partial charge in [0.25, 0.3) is 0 Å². The van der Waals surface area contributed by atoms with Gasteiger partial charge in [-0.1, -0.05) is 30.2 Å². The van der Waals surface area contributed by atoms with Crippen LogP contribution in [0, 0.1) is 4.77 Å². The van der Waals surface area contributed by atoms with Crippen molar-refractivity contribution in [3.05, 3.63) is 34.1 Å². The van der Waals surface area contributed by atoms with Crippen LogP contribution < -0.4 is 0 Å². The fourth-order valence-electron chi connectivity index (χ4n) is 2.75. The molecule has 0 spiro atoms. The zero-order valence-corrected chi connectivity index (χ0v) is 13.7. The van der Waals surface area contributed by atoms with E-state index in [0.29, 0.717) is 5.02 Å². The third-order valence-corrected chi connectivity index (χ3v) is 4.75. The molecule has 0 saturated carbocycles. The molecular formula is C15H19ClN4S. The summed E-state index contributed by atoms with van der Waals surface area (Å²) in [5.74, 6) is 0.822. The lowest BCUT2D eigenvalue weighted by Crippen LogP contribution is -2.32. The minimum absolute atomic E-state index is 0.700. The zero-order chi connectivity index (χ0) is 14.8. The highest BCUT2D eigenvalue weighted by atomic mass is 35.5. The van der Waals surface area contributed by atoms with Crippen LogP contribution in [-0.4, -0.2) is 32.3 Å². The summed E-state index contributed by atoms with van der Waals surface area (Å²) in [5, 5.41) is 5.38. The first-order chi connectivity index (χ1) is 10.2. The SMILES string of the molecule is Cn1c(-c2ccccc2Cl)nn(CN2CCCCC2)c1=S. The second-order valence-corrected chi connectivity index (χ2v) is 6.24. The van der Waals surface area contributed by atoms with Crippen molar-refractivity contribution >= 4 is 23.8 Å². The van der Waals surface area contributed by atoms with Crippen molar-refractivity contribution in [2.75, 3.05) is 13.1 Å². The molecule has 0 unspecified atom stereocenters. The van der Waals surface area contributed by atoms with Gasteiger partial charge in [0.15, 0.2) is 10.6 Å². The number of hydrogen-bond donors (Lipinski definition) is 0. The van der Waals surface area contributed by atoms with Crippen LogP contribution >= 0.6 is 23.8 Å². The van der Waals surface area contributed by atoms with Gasteiger partial charge in [0.2, 0.25) is 0 Å². The topological polar surface area (TPSA) is 26.0 Å². The average Bonchev–Trinajstić information content (AvgIpc) is 2.77. The molecule has 1 aliphatic rings. The Morgan fingerprint density at radius 3 is 2.62 bits per heavy atom. The minimum atomic E-state index is 0.700. The van der Waals surface area contributed by atoms with Crippen LogP contribution in [0.1, 0.15) is 19.3 Å². The number of hydrogen-bond acceptors (Lipinski definition) is 3. The summed E-state index contributed by atoms with van der Waals surface area (Å²) in [6.45, 7) is 3.01. The molecule has 0 radical (unpaired) electrons. The molecule has 112 valence electrons. The Hall–Kier alpha value is -1.17. The van der Waals surface area contributed by atoms with Gasteiger partial charge < -0.3 is 4.57 Å². The van der Waals surface area contributed by atoms with Crippen LogP contribution in [0.25, 0.3) is 11.4 Å². The maximum atomic E-state index is 6.28. The van der Waals surface area contributed by atoms with E-state index in [1.807, 2.05) is 40.6 Å². The predicted molar refractivity (Wildman–Crippen MR) is 87.9 cm³/mol. The third-order valence-electron chi connectivity index (χ3n) is 3.94. The molecule has 4 nitrogen and oxygen atoms in total. The zero-order valence-electron chi connectivity index (χ0n) is 12.1. The van der Waals surface area contributed by atoms with Gasteiger partial charge >= 0.3 is 0 Å². The molecule has 21 heavy (non-hydrogen) atoms. The predicted octanol–water partition coefficient (Wildman–Crippen LogP) is 3.71. The summed E-state index contributed by atoms with van der Waals surface area (Å²) in [5.41, 5.74) is 0.921. The smallest absolute Gasteiger partial charge is 0.199 e. The molecule has 1 aromatic carbocycles. The lowest BCUT2D eigenvalue weighted by atomic mass is 10.1. The molecule has 1 aromatic heterocycles. The van der Waals surface area contributed by atoms with E-state index in [2.05, 4.69) is 10.00 Å². The maximum absolute atomic E-state index is 6.28. The van der Waals surface area contributed by atoms with Crippen LogP contribution in [0.4, 0.5) is 0 Å². The van der Waals surface area contributed by atoms with Gasteiger partial charge in [-0.05, 0) is 50.3 Å². The second kappa shape index (κ2) is 6.30. The molecule has 0 amide bonds. The Morgan fingerprint density at radius 1 is 1.19 bits per heavy atom. The fraction of sp³-hybridized carbons (Fsp3) is 0.467. The average molecular weight is 323 g/mol. The number of piperidine rings is 1. The number of rotatable bonds is 3. The van der Waals surface area contributed by atoms with E-state index >= 15 is 0 Å². The summed E-state index contributed by atoms with van der Waals surface area (Å²) < 4.78 is 4.57. The van der Waals surface area contributed by atoms with E-state index < -0.39 is 0 Å². The van der Waals surface area contributed by atoms with Gasteiger partial charge in [-0.2, -0.15) is 5.10 Å². The van der Waals surface area contributed by atoms with Crippen LogP contribution in [0.15, 0.2) is 24.3 Å². The van der Waals surface area contributed by atoms with Crippen molar-refractivity contribution in [3.63, 3.8) is 0 Å². The first-order valence-electron chi connectivity index (χ1n) is 7.28. The third kappa shape index (κ3) is 3.05. The fourth-order valence-corrected chi connectivity index (χ4v) is 3.15. The van der Waals surface area contributed by atoms with Crippen LogP contribution in [0.3, 0.4) is 0 Å². The van der Waals surface area contributed by atoms with E-state index in [-0.39, 0.29) is 0 Å². The number of aromatic nitrogens is 3. The number of halogens is 1. The van der Waals surface area contributed by atoms with E-state index in [4.69, 9.17) is 23.8 Å². The first-order valence-corrected chi connectivity index (χ1v) is 8.06. The molecule has 1 aliphatic heterocycles. The molecule has 0 atom stereocenters. The Bertz CT molecular complexity index is 685. The number of nitrogens with zero attached hydrogens (tertiary/aromatic N) is 4. The Labute approximate surface area is 134 Å². The van der Waals surface area contributed by atoms with Crippen molar-refractivity contribution in [2.24, 2.45) is 7.05 Å². The molecule has 0 N–H and O–H groups in total. The lowest BCUT2D eigenvalue weighted by Gasteiger charge is -2.25. The van der Waals surface area contributed by atoms with Gasteiger partial charge in [0, 0.05) is 12.6 Å². The maximum Gasteiger partial charge on any atom is 0.199 e. The highest BCUT2D eigenvalue weighted by Crippen LogP contribution is 2.26. The lowest BCUT2D eigenvalue weighted by molar-refractivity contribution is 0.172. The Morgan fingerprint density at radius 2 is 1.90 bits per heavy atom. The quantitative estimate of drug-likeness (QED) is 0.806. The number of likely N-dealkylation sites (tertiary alicyclic amines) is 1. The molecule has 6 heteroatoms. The summed E-state index contributed by atoms with van der Waals surface area (Å²) in [4.78, 5) is 2.41. The molecule has 1 saturated heterocycles. The second-order valence-electron chi connectivity index (χ2n) is 5.46. The van der Waals surface area contributed by atoms with E-state index in [0.717, 1.165) is 35.9 Å². The van der Waals surface area contributed by atoms with Gasteiger partial charge in [-0.25, -0.2) is 4.68 Å². The van der Waals surface area contributed by atoms with Crippen molar-refractivity contribution < 1.29 is 0 Å². The van der Waals surface area contributed by atoms with Crippen LogP contribution in [-0.2, 0) is 13.7 Å². The Kier molecular flexibility index (Phi) is 4.42. The van der Waals surface area contributed by atoms with Crippen LogP contribution in [0.2, 0.25) is 5.02 Å². The standard InChI is InChI=1S/C15H19ClN4S/c1-18-14(12-7-3-4-8-13(12)16)17-20(15(18)21)11-19-9-5-2-6-10-19/h3-4,7-8H,2,5-6,9-11H2,1H3. The van der Waals surface area contributed by atoms with Crippen molar-refractivity contribution in [1.82, 2.24) is 19.2 Å². The minimum Gasteiger partial charge on any atom is -0.303 e. The molecule has 0 bridgehead atoms.